The van der Waals surface area contributed by atoms with E-state index in [4.69, 9.17) is 0 Å². The molecule has 2 aromatic carbocycles. The molecule has 2 nitrogen and oxygen atoms in total. The number of benzene rings is 2. The van der Waals surface area contributed by atoms with E-state index in [9.17, 15) is 9.18 Å². The number of hydrogen-bond donors (Lipinski definition) is 0. The van der Waals surface area contributed by atoms with Crippen LogP contribution in [-0.2, 0) is 17.6 Å². The van der Waals surface area contributed by atoms with Crippen LogP contribution < -0.4 is 4.90 Å². The van der Waals surface area contributed by atoms with Crippen molar-refractivity contribution in [1.29, 1.82) is 0 Å². The number of hydrogen-bond acceptors (Lipinski definition) is 1. The van der Waals surface area contributed by atoms with E-state index in [2.05, 4.69) is 15.9 Å². The first kappa shape index (κ1) is 14.3. The zero-order chi connectivity index (χ0) is 14.8. The number of halogens is 2. The van der Waals surface area contributed by atoms with Crippen molar-refractivity contribution in [2.24, 2.45) is 0 Å². The summed E-state index contributed by atoms with van der Waals surface area (Å²) in [7, 11) is 0. The van der Waals surface area contributed by atoms with Crippen LogP contribution in [0.1, 0.15) is 17.5 Å². The van der Waals surface area contributed by atoms with Gasteiger partial charge in [0.1, 0.15) is 5.82 Å². The Bertz CT molecular complexity index is 669. The summed E-state index contributed by atoms with van der Waals surface area (Å²) in [6.45, 7) is 0.587. The van der Waals surface area contributed by atoms with Crippen molar-refractivity contribution < 1.29 is 9.18 Å². The Morgan fingerprint density at radius 1 is 1.19 bits per heavy atom. The SMILES string of the molecule is O=C(Cc1ccc(Br)cc1)N1CCCc2cccc(F)c21. The standard InChI is InChI=1S/C17H15BrFNO/c18-14-8-6-12(7-9-14)11-16(21)20-10-2-4-13-3-1-5-15(19)17(13)20/h1,3,5-9H,2,4,10-11H2. The maximum absolute atomic E-state index is 14.1. The van der Waals surface area contributed by atoms with E-state index in [0.717, 1.165) is 28.4 Å². The quantitative estimate of drug-likeness (QED) is 0.800. The molecule has 21 heavy (non-hydrogen) atoms. The highest BCUT2D eigenvalue weighted by Crippen LogP contribution is 2.30. The molecule has 1 aliphatic heterocycles. The molecule has 0 saturated heterocycles. The molecule has 0 fully saturated rings. The Hall–Kier alpha value is -1.68. The normalized spacial score (nSPS) is 13.9. The van der Waals surface area contributed by atoms with Gasteiger partial charge < -0.3 is 4.90 Å². The van der Waals surface area contributed by atoms with E-state index >= 15 is 0 Å². The first-order chi connectivity index (χ1) is 10.1. The molecule has 0 aliphatic carbocycles. The summed E-state index contributed by atoms with van der Waals surface area (Å²) < 4.78 is 15.1. The molecule has 108 valence electrons. The largest absolute Gasteiger partial charge is 0.309 e. The van der Waals surface area contributed by atoms with Crippen LogP contribution >= 0.6 is 15.9 Å². The van der Waals surface area contributed by atoms with Gasteiger partial charge in [0.25, 0.3) is 0 Å². The number of carbonyl (C=O) groups is 1. The molecule has 0 unspecified atom stereocenters. The fourth-order valence-electron chi connectivity index (χ4n) is 2.73. The number of amides is 1. The van der Waals surface area contributed by atoms with Gasteiger partial charge in [0.05, 0.1) is 12.1 Å². The molecule has 2 aromatic rings. The third-order valence-corrected chi connectivity index (χ3v) is 4.27. The summed E-state index contributed by atoms with van der Waals surface area (Å²) in [5, 5.41) is 0. The lowest BCUT2D eigenvalue weighted by molar-refractivity contribution is -0.118. The minimum Gasteiger partial charge on any atom is -0.309 e. The zero-order valence-electron chi connectivity index (χ0n) is 11.5. The fraction of sp³-hybridized carbons (Fsp3) is 0.235. The number of aryl methyl sites for hydroxylation is 1. The molecule has 0 atom stereocenters. The van der Waals surface area contributed by atoms with Gasteiger partial charge in [-0.05, 0) is 42.2 Å². The smallest absolute Gasteiger partial charge is 0.231 e. The van der Waals surface area contributed by atoms with Gasteiger partial charge in [-0.2, -0.15) is 0 Å². The highest BCUT2D eigenvalue weighted by atomic mass is 79.9. The molecule has 0 bridgehead atoms. The van der Waals surface area contributed by atoms with Crippen molar-refractivity contribution in [2.75, 3.05) is 11.4 Å². The summed E-state index contributed by atoms with van der Waals surface area (Å²) >= 11 is 3.37. The second-order valence-electron chi connectivity index (χ2n) is 5.20. The predicted octanol–water partition coefficient (Wildman–Crippen LogP) is 4.11. The van der Waals surface area contributed by atoms with Crippen molar-refractivity contribution in [3.05, 3.63) is 63.9 Å². The van der Waals surface area contributed by atoms with E-state index in [1.807, 2.05) is 30.3 Å². The van der Waals surface area contributed by atoms with Gasteiger partial charge in [-0.25, -0.2) is 4.39 Å². The summed E-state index contributed by atoms with van der Waals surface area (Å²) in [4.78, 5) is 14.1. The number of anilines is 1. The molecule has 3 rings (SSSR count). The highest BCUT2D eigenvalue weighted by Gasteiger charge is 2.25. The Morgan fingerprint density at radius 3 is 2.71 bits per heavy atom. The van der Waals surface area contributed by atoms with Crippen LogP contribution in [0.5, 0.6) is 0 Å². The lowest BCUT2D eigenvalue weighted by Gasteiger charge is -2.30. The van der Waals surface area contributed by atoms with Gasteiger partial charge in [0.2, 0.25) is 5.91 Å². The minimum atomic E-state index is -0.309. The number of carbonyl (C=O) groups excluding carboxylic acids is 1. The van der Waals surface area contributed by atoms with Crippen LogP contribution in [0.2, 0.25) is 0 Å². The molecule has 4 heteroatoms. The lowest BCUT2D eigenvalue weighted by Crippen LogP contribution is -2.37. The van der Waals surface area contributed by atoms with E-state index in [1.165, 1.54) is 6.07 Å². The lowest BCUT2D eigenvalue weighted by atomic mass is 10.0. The Balaban J connectivity index is 1.85. The zero-order valence-corrected chi connectivity index (χ0v) is 13.1. The third kappa shape index (κ3) is 3.00. The minimum absolute atomic E-state index is 0.0524. The molecule has 1 heterocycles. The first-order valence-electron chi connectivity index (χ1n) is 6.97. The van der Waals surface area contributed by atoms with Crippen LogP contribution in [0.3, 0.4) is 0 Å². The number of nitrogens with zero attached hydrogens (tertiary/aromatic N) is 1. The molecular weight excluding hydrogens is 333 g/mol. The molecule has 1 amide bonds. The molecule has 0 aromatic heterocycles. The number of fused-ring (bicyclic) bond motifs is 1. The van der Waals surface area contributed by atoms with Crippen LogP contribution in [0, 0.1) is 5.82 Å². The molecule has 1 aliphatic rings. The van der Waals surface area contributed by atoms with E-state index in [1.54, 1.807) is 11.0 Å². The maximum atomic E-state index is 14.1. The van der Waals surface area contributed by atoms with Crippen molar-refractivity contribution in [3.63, 3.8) is 0 Å². The maximum Gasteiger partial charge on any atom is 0.231 e. The predicted molar refractivity (Wildman–Crippen MR) is 84.9 cm³/mol. The fourth-order valence-corrected chi connectivity index (χ4v) is 2.99. The van der Waals surface area contributed by atoms with Gasteiger partial charge in [-0.15, -0.1) is 0 Å². The van der Waals surface area contributed by atoms with Crippen molar-refractivity contribution >= 4 is 27.5 Å². The summed E-state index contributed by atoms with van der Waals surface area (Å²) in [6.07, 6.45) is 2.00. The van der Waals surface area contributed by atoms with Crippen LogP contribution in [0.25, 0.3) is 0 Å². The summed E-state index contributed by atoms with van der Waals surface area (Å²) in [6, 6.07) is 12.7. The van der Waals surface area contributed by atoms with E-state index < -0.39 is 0 Å². The molecular formula is C17H15BrFNO. The van der Waals surface area contributed by atoms with Crippen molar-refractivity contribution in [2.45, 2.75) is 19.3 Å². The number of rotatable bonds is 2. The van der Waals surface area contributed by atoms with Gasteiger partial charge in [0.15, 0.2) is 0 Å². The second kappa shape index (κ2) is 5.98. The monoisotopic (exact) mass is 347 g/mol. The topological polar surface area (TPSA) is 20.3 Å². The average Bonchev–Trinajstić information content (AvgIpc) is 2.49. The average molecular weight is 348 g/mol. The van der Waals surface area contributed by atoms with Gasteiger partial charge >= 0.3 is 0 Å². The highest BCUT2D eigenvalue weighted by molar-refractivity contribution is 9.10. The Kier molecular flexibility index (Phi) is 4.06. The third-order valence-electron chi connectivity index (χ3n) is 3.74. The van der Waals surface area contributed by atoms with Crippen LogP contribution in [-0.4, -0.2) is 12.5 Å². The van der Waals surface area contributed by atoms with E-state index in [0.29, 0.717) is 18.7 Å². The van der Waals surface area contributed by atoms with Gasteiger partial charge in [-0.3, -0.25) is 4.79 Å². The molecule has 0 N–H and O–H groups in total. The first-order valence-corrected chi connectivity index (χ1v) is 7.76. The van der Waals surface area contributed by atoms with Crippen LogP contribution in [0.4, 0.5) is 10.1 Å². The number of para-hydroxylation sites is 1. The van der Waals surface area contributed by atoms with Gasteiger partial charge in [0, 0.05) is 11.0 Å². The van der Waals surface area contributed by atoms with Crippen molar-refractivity contribution in [1.82, 2.24) is 0 Å². The molecule has 0 spiro atoms. The summed E-state index contributed by atoms with van der Waals surface area (Å²) in [5.74, 6) is -0.361. The second-order valence-corrected chi connectivity index (χ2v) is 6.12. The van der Waals surface area contributed by atoms with Gasteiger partial charge in [-0.1, -0.05) is 40.2 Å². The molecule has 0 radical (unpaired) electrons. The van der Waals surface area contributed by atoms with E-state index in [-0.39, 0.29) is 11.7 Å². The molecule has 0 saturated carbocycles. The summed E-state index contributed by atoms with van der Waals surface area (Å²) in [5.41, 5.74) is 2.32. The Morgan fingerprint density at radius 2 is 1.95 bits per heavy atom. The van der Waals surface area contributed by atoms with Crippen molar-refractivity contribution in [3.8, 4) is 0 Å². The van der Waals surface area contributed by atoms with Crippen LogP contribution in [0.15, 0.2) is 46.9 Å². The Labute approximate surface area is 131 Å².